The Hall–Kier alpha value is -0.860. The van der Waals surface area contributed by atoms with E-state index in [4.69, 9.17) is 0 Å². The summed E-state index contributed by atoms with van der Waals surface area (Å²) in [4.78, 5) is 2.62. The standard InChI is InChI=1S/C16H26N2/c1-11-6-7-16(12(2)8-11)15(5)18-10-13(3)17-9-14(18)4/h6-8,13-15,17H,9-10H2,1-5H3. The Labute approximate surface area is 111 Å². The molecule has 1 heterocycles. The number of hydrogen-bond acceptors (Lipinski definition) is 2. The molecule has 0 aliphatic carbocycles. The van der Waals surface area contributed by atoms with Crippen LogP contribution in [-0.2, 0) is 0 Å². The molecule has 1 saturated heterocycles. The summed E-state index contributed by atoms with van der Waals surface area (Å²) in [5, 5.41) is 3.55. The van der Waals surface area contributed by atoms with Crippen LogP contribution in [-0.4, -0.2) is 30.1 Å². The third-order valence-corrected chi connectivity index (χ3v) is 4.19. The zero-order valence-electron chi connectivity index (χ0n) is 12.3. The van der Waals surface area contributed by atoms with Gasteiger partial charge in [-0.2, -0.15) is 0 Å². The van der Waals surface area contributed by atoms with E-state index in [1.54, 1.807) is 0 Å². The summed E-state index contributed by atoms with van der Waals surface area (Å²) in [5.41, 5.74) is 4.24. The van der Waals surface area contributed by atoms with Crippen LogP contribution >= 0.6 is 0 Å². The van der Waals surface area contributed by atoms with Crippen molar-refractivity contribution in [3.8, 4) is 0 Å². The number of nitrogens with zero attached hydrogens (tertiary/aromatic N) is 1. The first-order valence-electron chi connectivity index (χ1n) is 7.05. The third-order valence-electron chi connectivity index (χ3n) is 4.19. The summed E-state index contributed by atoms with van der Waals surface area (Å²) >= 11 is 0. The minimum Gasteiger partial charge on any atom is -0.311 e. The Morgan fingerprint density at radius 3 is 2.67 bits per heavy atom. The molecule has 100 valence electrons. The molecule has 2 nitrogen and oxygen atoms in total. The van der Waals surface area contributed by atoms with Crippen molar-refractivity contribution in [3.63, 3.8) is 0 Å². The Bertz CT molecular complexity index is 414. The van der Waals surface area contributed by atoms with Crippen molar-refractivity contribution in [2.75, 3.05) is 13.1 Å². The minimum absolute atomic E-state index is 0.505. The van der Waals surface area contributed by atoms with E-state index in [1.165, 1.54) is 16.7 Å². The molecule has 1 aliphatic rings. The summed E-state index contributed by atoms with van der Waals surface area (Å²) in [5.74, 6) is 0. The van der Waals surface area contributed by atoms with Gasteiger partial charge < -0.3 is 5.32 Å². The fraction of sp³-hybridized carbons (Fsp3) is 0.625. The molecule has 1 aromatic carbocycles. The van der Waals surface area contributed by atoms with Gasteiger partial charge in [0.05, 0.1) is 0 Å². The second-order valence-electron chi connectivity index (χ2n) is 5.89. The van der Waals surface area contributed by atoms with E-state index in [0.29, 0.717) is 18.1 Å². The molecule has 1 fully saturated rings. The average Bonchev–Trinajstić information content (AvgIpc) is 2.31. The first kappa shape index (κ1) is 13.6. The van der Waals surface area contributed by atoms with E-state index >= 15 is 0 Å². The normalized spacial score (nSPS) is 27.2. The Balaban J connectivity index is 2.21. The van der Waals surface area contributed by atoms with Crippen LogP contribution in [0.15, 0.2) is 18.2 Å². The molecule has 3 unspecified atom stereocenters. The molecular weight excluding hydrogens is 220 g/mol. The second-order valence-corrected chi connectivity index (χ2v) is 5.89. The van der Waals surface area contributed by atoms with E-state index in [-0.39, 0.29) is 0 Å². The first-order valence-corrected chi connectivity index (χ1v) is 7.05. The van der Waals surface area contributed by atoms with E-state index < -0.39 is 0 Å². The molecule has 3 atom stereocenters. The first-order chi connectivity index (χ1) is 8.49. The van der Waals surface area contributed by atoms with Crippen LogP contribution in [0.3, 0.4) is 0 Å². The maximum Gasteiger partial charge on any atom is 0.0326 e. The van der Waals surface area contributed by atoms with Gasteiger partial charge in [-0.05, 0) is 45.7 Å². The van der Waals surface area contributed by atoms with Crippen molar-refractivity contribution < 1.29 is 0 Å². The Morgan fingerprint density at radius 2 is 2.00 bits per heavy atom. The van der Waals surface area contributed by atoms with E-state index in [2.05, 4.69) is 63.0 Å². The smallest absolute Gasteiger partial charge is 0.0326 e. The van der Waals surface area contributed by atoms with Crippen LogP contribution in [0.4, 0.5) is 0 Å². The number of piperazine rings is 1. The van der Waals surface area contributed by atoms with E-state index in [9.17, 15) is 0 Å². The van der Waals surface area contributed by atoms with Crippen molar-refractivity contribution >= 4 is 0 Å². The lowest BCUT2D eigenvalue weighted by molar-refractivity contribution is 0.103. The molecule has 18 heavy (non-hydrogen) atoms. The lowest BCUT2D eigenvalue weighted by atomic mass is 9.97. The van der Waals surface area contributed by atoms with Crippen LogP contribution < -0.4 is 5.32 Å². The zero-order chi connectivity index (χ0) is 13.3. The monoisotopic (exact) mass is 246 g/mol. The fourth-order valence-electron chi connectivity index (χ4n) is 3.06. The molecule has 0 spiro atoms. The van der Waals surface area contributed by atoms with Crippen molar-refractivity contribution in [2.45, 2.75) is 52.7 Å². The van der Waals surface area contributed by atoms with Crippen molar-refractivity contribution in [1.29, 1.82) is 0 Å². The topological polar surface area (TPSA) is 15.3 Å². The van der Waals surface area contributed by atoms with Gasteiger partial charge in [0.25, 0.3) is 0 Å². The van der Waals surface area contributed by atoms with Gasteiger partial charge in [-0.1, -0.05) is 23.8 Å². The van der Waals surface area contributed by atoms with E-state index in [1.807, 2.05) is 0 Å². The van der Waals surface area contributed by atoms with Gasteiger partial charge >= 0.3 is 0 Å². The van der Waals surface area contributed by atoms with Gasteiger partial charge in [0.2, 0.25) is 0 Å². The van der Waals surface area contributed by atoms with Crippen LogP contribution in [0.5, 0.6) is 0 Å². The Kier molecular flexibility index (Phi) is 4.08. The second kappa shape index (κ2) is 5.41. The third kappa shape index (κ3) is 2.76. The zero-order valence-corrected chi connectivity index (χ0v) is 12.3. The molecule has 1 aliphatic heterocycles. The Morgan fingerprint density at radius 1 is 1.28 bits per heavy atom. The highest BCUT2D eigenvalue weighted by Gasteiger charge is 2.27. The summed E-state index contributed by atoms with van der Waals surface area (Å²) in [6, 6.07) is 8.53. The summed E-state index contributed by atoms with van der Waals surface area (Å²) in [6.45, 7) is 13.6. The predicted molar refractivity (Wildman–Crippen MR) is 78.0 cm³/mol. The highest BCUT2D eigenvalue weighted by Crippen LogP contribution is 2.27. The molecule has 1 N–H and O–H groups in total. The highest BCUT2D eigenvalue weighted by atomic mass is 15.2. The van der Waals surface area contributed by atoms with Gasteiger partial charge in [-0.25, -0.2) is 0 Å². The van der Waals surface area contributed by atoms with Gasteiger partial charge in [-0.3, -0.25) is 4.90 Å². The number of aryl methyl sites for hydroxylation is 2. The minimum atomic E-state index is 0.505. The van der Waals surface area contributed by atoms with E-state index in [0.717, 1.165) is 13.1 Å². The maximum absolute atomic E-state index is 3.55. The van der Waals surface area contributed by atoms with Gasteiger partial charge in [0, 0.05) is 31.2 Å². The van der Waals surface area contributed by atoms with Gasteiger partial charge in [0.15, 0.2) is 0 Å². The molecule has 0 bridgehead atoms. The number of nitrogens with one attached hydrogen (secondary N) is 1. The van der Waals surface area contributed by atoms with Crippen molar-refractivity contribution in [2.24, 2.45) is 0 Å². The van der Waals surface area contributed by atoms with Gasteiger partial charge in [0.1, 0.15) is 0 Å². The molecule has 0 saturated carbocycles. The molecular formula is C16H26N2. The molecule has 0 aromatic heterocycles. The quantitative estimate of drug-likeness (QED) is 0.863. The van der Waals surface area contributed by atoms with Crippen LogP contribution in [0.25, 0.3) is 0 Å². The maximum atomic E-state index is 3.55. The molecule has 2 heteroatoms. The highest BCUT2D eigenvalue weighted by molar-refractivity contribution is 5.32. The molecule has 1 aromatic rings. The number of hydrogen-bond donors (Lipinski definition) is 1. The lowest BCUT2D eigenvalue weighted by Crippen LogP contribution is -2.54. The van der Waals surface area contributed by atoms with Crippen LogP contribution in [0, 0.1) is 13.8 Å². The van der Waals surface area contributed by atoms with Crippen molar-refractivity contribution in [1.82, 2.24) is 10.2 Å². The lowest BCUT2D eigenvalue weighted by Gasteiger charge is -2.42. The fourth-order valence-corrected chi connectivity index (χ4v) is 3.06. The average molecular weight is 246 g/mol. The van der Waals surface area contributed by atoms with Gasteiger partial charge in [-0.15, -0.1) is 0 Å². The number of rotatable bonds is 2. The molecule has 2 rings (SSSR count). The van der Waals surface area contributed by atoms with Crippen LogP contribution in [0.1, 0.15) is 43.5 Å². The summed E-state index contributed by atoms with van der Waals surface area (Å²) < 4.78 is 0. The SMILES string of the molecule is Cc1ccc(C(C)N2CC(C)NCC2C)c(C)c1. The molecule has 0 amide bonds. The summed E-state index contributed by atoms with van der Waals surface area (Å²) in [7, 11) is 0. The number of benzene rings is 1. The summed E-state index contributed by atoms with van der Waals surface area (Å²) in [6.07, 6.45) is 0. The van der Waals surface area contributed by atoms with Crippen molar-refractivity contribution in [3.05, 3.63) is 34.9 Å². The molecule has 0 radical (unpaired) electrons. The van der Waals surface area contributed by atoms with Crippen LogP contribution in [0.2, 0.25) is 0 Å². The predicted octanol–water partition coefficient (Wildman–Crippen LogP) is 3.05. The largest absolute Gasteiger partial charge is 0.311 e.